The van der Waals surface area contributed by atoms with E-state index in [-0.39, 0.29) is 17.5 Å². The Balaban J connectivity index is 1.21. The molecule has 6 rings (SSSR count). The van der Waals surface area contributed by atoms with E-state index in [0.29, 0.717) is 24.9 Å². The molecule has 1 aliphatic heterocycles. The molecule has 2 aliphatic carbocycles. The molecule has 2 N–H and O–H groups in total. The molecule has 2 saturated carbocycles. The number of carbonyl (C=O) groups is 1. The highest BCUT2D eigenvalue weighted by Gasteiger charge is 2.54. The second kappa shape index (κ2) is 9.65. The molecule has 8 nitrogen and oxygen atoms in total. The van der Waals surface area contributed by atoms with E-state index in [0.717, 1.165) is 53.0 Å². The number of hydrogen-bond donors (Lipinski definition) is 2. The summed E-state index contributed by atoms with van der Waals surface area (Å²) in [6.45, 7) is 4.39. The minimum Gasteiger partial charge on any atom is -0.366 e. The number of nitrogens with zero attached hydrogens (tertiary/aromatic N) is 5. The summed E-state index contributed by atoms with van der Waals surface area (Å²) in [5.74, 6) is 2.37. The second-order valence-electron chi connectivity index (χ2n) is 10.7. The van der Waals surface area contributed by atoms with E-state index in [1.165, 1.54) is 25.7 Å². The smallest absolute Gasteiger partial charge is 0.317 e. The van der Waals surface area contributed by atoms with Crippen molar-refractivity contribution in [1.82, 2.24) is 29.8 Å². The number of hydrogen-bond acceptors (Lipinski definition) is 5. The molecular formula is C27H34BrN7O. The van der Waals surface area contributed by atoms with Crippen LogP contribution in [-0.4, -0.2) is 49.1 Å². The van der Waals surface area contributed by atoms with Gasteiger partial charge in [0.15, 0.2) is 5.65 Å². The molecule has 190 valence electrons. The van der Waals surface area contributed by atoms with Gasteiger partial charge in [-0.3, -0.25) is 4.98 Å². The molecule has 3 aromatic heterocycles. The Morgan fingerprint density at radius 2 is 2.00 bits per heavy atom. The van der Waals surface area contributed by atoms with Crippen LogP contribution in [0, 0.1) is 11.8 Å². The van der Waals surface area contributed by atoms with Gasteiger partial charge in [-0.05, 0) is 84.3 Å². The summed E-state index contributed by atoms with van der Waals surface area (Å²) in [4.78, 5) is 24.7. The van der Waals surface area contributed by atoms with Crippen LogP contribution in [0.2, 0.25) is 0 Å². The van der Waals surface area contributed by atoms with Crippen LogP contribution in [0.5, 0.6) is 0 Å². The number of piperidine rings is 1. The number of pyridine rings is 1. The molecule has 0 aromatic carbocycles. The molecule has 1 atom stereocenters. The van der Waals surface area contributed by atoms with E-state index in [9.17, 15) is 4.79 Å². The minimum atomic E-state index is 0.00698. The number of halogens is 1. The third-order valence-electron chi connectivity index (χ3n) is 8.88. The Hall–Kier alpha value is -2.68. The summed E-state index contributed by atoms with van der Waals surface area (Å²) >= 11 is 3.61. The van der Waals surface area contributed by atoms with Crippen LogP contribution < -0.4 is 10.6 Å². The number of aromatic nitrogens is 4. The normalized spacial score (nSPS) is 27.5. The van der Waals surface area contributed by atoms with E-state index >= 15 is 0 Å². The van der Waals surface area contributed by atoms with Crippen LogP contribution in [0.15, 0.2) is 41.3 Å². The summed E-state index contributed by atoms with van der Waals surface area (Å²) < 4.78 is 2.69. The zero-order valence-electron chi connectivity index (χ0n) is 20.8. The Morgan fingerprint density at radius 1 is 1.19 bits per heavy atom. The lowest BCUT2D eigenvalue weighted by Crippen LogP contribution is -2.57. The summed E-state index contributed by atoms with van der Waals surface area (Å²) in [5, 5.41) is 11.6. The quantitative estimate of drug-likeness (QED) is 0.430. The van der Waals surface area contributed by atoms with Gasteiger partial charge in [0.25, 0.3) is 0 Å². The van der Waals surface area contributed by atoms with Gasteiger partial charge < -0.3 is 15.5 Å². The van der Waals surface area contributed by atoms with Crippen molar-refractivity contribution < 1.29 is 4.79 Å². The van der Waals surface area contributed by atoms with Crippen LogP contribution in [-0.2, 0) is 6.54 Å². The van der Waals surface area contributed by atoms with Gasteiger partial charge in [-0.25, -0.2) is 9.78 Å². The van der Waals surface area contributed by atoms with Gasteiger partial charge in [0.05, 0.1) is 16.4 Å². The number of carbonyl (C=O) groups excluding carboxylic acids is 1. The zero-order chi connectivity index (χ0) is 24.7. The van der Waals surface area contributed by atoms with Gasteiger partial charge in [-0.1, -0.05) is 13.0 Å². The lowest BCUT2D eigenvalue weighted by Gasteiger charge is -2.39. The minimum absolute atomic E-state index is 0.00698. The molecule has 1 saturated heterocycles. The molecule has 36 heavy (non-hydrogen) atoms. The molecule has 0 radical (unpaired) electrons. The van der Waals surface area contributed by atoms with E-state index in [4.69, 9.17) is 4.98 Å². The number of rotatable bonds is 6. The fourth-order valence-corrected chi connectivity index (χ4v) is 7.34. The molecule has 3 fully saturated rings. The van der Waals surface area contributed by atoms with E-state index in [1.54, 1.807) is 12.4 Å². The third-order valence-corrected chi connectivity index (χ3v) is 9.44. The van der Waals surface area contributed by atoms with Crippen LogP contribution >= 0.6 is 15.9 Å². The maximum absolute atomic E-state index is 13.5. The van der Waals surface area contributed by atoms with Crippen LogP contribution in [0.1, 0.15) is 69.0 Å². The first kappa shape index (κ1) is 23.7. The van der Waals surface area contributed by atoms with Gasteiger partial charge in [0.2, 0.25) is 0 Å². The second-order valence-corrected chi connectivity index (χ2v) is 11.5. The Kier molecular flexibility index (Phi) is 6.35. The number of likely N-dealkylation sites (tertiary alicyclic amines) is 1. The van der Waals surface area contributed by atoms with Gasteiger partial charge >= 0.3 is 6.03 Å². The number of fused-ring (bicyclic) bond motifs is 3. The van der Waals surface area contributed by atoms with Crippen molar-refractivity contribution in [3.63, 3.8) is 0 Å². The van der Waals surface area contributed by atoms with Gasteiger partial charge in [0.1, 0.15) is 5.82 Å². The summed E-state index contributed by atoms with van der Waals surface area (Å²) in [6, 6.07) is 6.20. The molecule has 2 bridgehead atoms. The fourth-order valence-electron chi connectivity index (χ4n) is 6.99. The predicted molar refractivity (Wildman–Crippen MR) is 143 cm³/mol. The predicted octanol–water partition coefficient (Wildman–Crippen LogP) is 5.36. The Morgan fingerprint density at radius 3 is 2.72 bits per heavy atom. The first-order valence-electron chi connectivity index (χ1n) is 13.3. The average Bonchev–Trinajstić information content (AvgIpc) is 3.58. The molecule has 9 heteroatoms. The highest BCUT2D eigenvalue weighted by atomic mass is 79.9. The topological polar surface area (TPSA) is 87.5 Å². The first-order chi connectivity index (χ1) is 17.6. The lowest BCUT2D eigenvalue weighted by molar-refractivity contribution is 0.151. The van der Waals surface area contributed by atoms with Gasteiger partial charge in [-0.2, -0.15) is 9.61 Å². The monoisotopic (exact) mass is 551 g/mol. The van der Waals surface area contributed by atoms with E-state index in [1.807, 2.05) is 21.7 Å². The highest BCUT2D eigenvalue weighted by molar-refractivity contribution is 9.10. The summed E-state index contributed by atoms with van der Waals surface area (Å²) in [6.07, 6.45) is 13.5. The Bertz CT molecular complexity index is 1230. The molecule has 3 aliphatic rings. The van der Waals surface area contributed by atoms with Crippen LogP contribution in [0.3, 0.4) is 0 Å². The first-order valence-corrected chi connectivity index (χ1v) is 14.1. The van der Waals surface area contributed by atoms with E-state index in [2.05, 4.69) is 55.7 Å². The van der Waals surface area contributed by atoms with Crippen LogP contribution in [0.25, 0.3) is 5.65 Å². The maximum atomic E-state index is 13.5. The Labute approximate surface area is 220 Å². The molecule has 1 unspecified atom stereocenters. The van der Waals surface area contributed by atoms with Gasteiger partial charge in [-0.15, -0.1) is 0 Å². The molecule has 2 amide bonds. The zero-order valence-corrected chi connectivity index (χ0v) is 22.4. The lowest BCUT2D eigenvalue weighted by atomic mass is 9.84. The molecular weight excluding hydrogens is 518 g/mol. The van der Waals surface area contributed by atoms with E-state index < -0.39 is 0 Å². The number of nitrogens with one attached hydrogen (secondary N) is 2. The maximum Gasteiger partial charge on any atom is 0.317 e. The van der Waals surface area contributed by atoms with Gasteiger partial charge in [0, 0.05) is 49.6 Å². The third kappa shape index (κ3) is 4.15. The molecule has 4 heterocycles. The molecule has 0 spiro atoms. The van der Waals surface area contributed by atoms with Crippen molar-refractivity contribution in [2.75, 3.05) is 18.4 Å². The van der Waals surface area contributed by atoms with Crippen molar-refractivity contribution in [3.8, 4) is 0 Å². The fraction of sp³-hybridized carbons (Fsp3) is 0.556. The van der Waals surface area contributed by atoms with Crippen molar-refractivity contribution in [3.05, 3.63) is 52.5 Å². The molecule has 3 aromatic rings. The number of anilines is 1. The largest absolute Gasteiger partial charge is 0.366 e. The van der Waals surface area contributed by atoms with Crippen molar-refractivity contribution >= 4 is 33.4 Å². The van der Waals surface area contributed by atoms with Crippen LogP contribution in [0.4, 0.5) is 10.6 Å². The van der Waals surface area contributed by atoms with Crippen molar-refractivity contribution in [2.24, 2.45) is 11.8 Å². The number of amides is 2. The highest BCUT2D eigenvalue weighted by Crippen LogP contribution is 2.53. The summed E-state index contributed by atoms with van der Waals surface area (Å²) in [7, 11) is 0. The average molecular weight is 553 g/mol. The number of urea groups is 1. The van der Waals surface area contributed by atoms with Crippen molar-refractivity contribution in [2.45, 2.75) is 69.9 Å². The standard InChI is InChI=1S/C27H34BrN7O/c1-2-27(20-7-8-21(27)10-9-20)33-26(36)34-12-4-6-19(17-34)23-13-24(30-15-18-5-3-11-29-14-18)35-25(32-23)22(28)16-31-35/h3,5,11,13-14,16,19-21,30H,2,4,6-10,12,15,17H2,1H3,(H,33,36)/t19?,20-,21+,27-. The summed E-state index contributed by atoms with van der Waals surface area (Å²) in [5.41, 5.74) is 2.89. The SMILES string of the molecule is CC[C@]1(NC(=O)N2CCCC(c3cc(NCc4cccnc4)n4ncc(Br)c4n3)C2)[C@H]2CC[C@@H]1CC2. The van der Waals surface area contributed by atoms with Crippen molar-refractivity contribution in [1.29, 1.82) is 0 Å².